The Hall–Kier alpha value is -1.90. The van der Waals surface area contributed by atoms with E-state index >= 15 is 0 Å². The second kappa shape index (κ2) is 9.55. The maximum Gasteiger partial charge on any atom is 0.393 e. The quantitative estimate of drug-likeness (QED) is 0.502. The number of carboxylic acids is 1. The molecule has 3 unspecified atom stereocenters. The highest BCUT2D eigenvalue weighted by Gasteiger charge is 2.28. The van der Waals surface area contributed by atoms with Gasteiger partial charge in [-0.2, -0.15) is 13.2 Å². The Labute approximate surface area is 143 Å². The highest BCUT2D eigenvalue weighted by atomic mass is 19.4. The van der Waals surface area contributed by atoms with Crippen LogP contribution < -0.4 is 5.73 Å². The van der Waals surface area contributed by atoms with Gasteiger partial charge in [0.15, 0.2) is 0 Å². The minimum Gasteiger partial charge on any atom is -0.480 e. The van der Waals surface area contributed by atoms with E-state index in [1.807, 2.05) is 0 Å². The van der Waals surface area contributed by atoms with E-state index < -0.39 is 36.8 Å². The lowest BCUT2D eigenvalue weighted by atomic mass is 10.0. The van der Waals surface area contributed by atoms with Gasteiger partial charge in [0.1, 0.15) is 12.1 Å². The third kappa shape index (κ3) is 8.15. The van der Waals surface area contributed by atoms with E-state index in [-0.39, 0.29) is 12.0 Å². The van der Waals surface area contributed by atoms with Gasteiger partial charge >= 0.3 is 12.1 Å². The maximum atomic E-state index is 12.3. The fourth-order valence-electron chi connectivity index (χ4n) is 2.18. The molecule has 8 heteroatoms. The predicted octanol–water partition coefficient (Wildman–Crippen LogP) is 1.80. The van der Waals surface area contributed by atoms with E-state index in [9.17, 15) is 28.2 Å². The van der Waals surface area contributed by atoms with Crippen LogP contribution in [0.15, 0.2) is 36.4 Å². The summed E-state index contributed by atoms with van der Waals surface area (Å²) in [5.74, 6) is -1.40. The molecule has 0 heterocycles. The summed E-state index contributed by atoms with van der Waals surface area (Å²) in [6.45, 7) is 0. The van der Waals surface area contributed by atoms with Crippen molar-refractivity contribution >= 4 is 5.97 Å². The first-order valence-electron chi connectivity index (χ1n) is 7.74. The molecule has 5 N–H and O–H groups in total. The van der Waals surface area contributed by atoms with Crippen LogP contribution in [-0.2, 0) is 17.6 Å². The normalized spacial score (nSPS) is 15.9. The second-order valence-electron chi connectivity index (χ2n) is 5.78. The predicted molar refractivity (Wildman–Crippen MR) is 85.9 cm³/mol. The molecule has 1 rings (SSSR count). The van der Waals surface area contributed by atoms with E-state index in [0.717, 1.165) is 5.56 Å². The number of nitrogens with two attached hydrogens (primary N) is 1. The van der Waals surface area contributed by atoms with Crippen molar-refractivity contribution in [3.63, 3.8) is 0 Å². The molecule has 0 saturated heterocycles. The number of hydrogen-bond donors (Lipinski definition) is 4. The monoisotopic (exact) mass is 361 g/mol. The highest BCUT2D eigenvalue weighted by Crippen LogP contribution is 2.21. The number of halogens is 3. The van der Waals surface area contributed by atoms with E-state index in [0.29, 0.717) is 12.8 Å². The van der Waals surface area contributed by atoms with Crippen molar-refractivity contribution in [2.45, 2.75) is 50.1 Å². The first-order valence-corrected chi connectivity index (χ1v) is 7.74. The van der Waals surface area contributed by atoms with E-state index in [1.165, 1.54) is 12.1 Å². The van der Waals surface area contributed by atoms with E-state index in [1.54, 1.807) is 24.3 Å². The van der Waals surface area contributed by atoms with Crippen molar-refractivity contribution in [1.82, 2.24) is 0 Å². The lowest BCUT2D eigenvalue weighted by molar-refractivity contribution is -0.143. The van der Waals surface area contributed by atoms with Gasteiger partial charge in [0, 0.05) is 0 Å². The smallest absolute Gasteiger partial charge is 0.393 e. The Bertz CT molecular complexity index is 572. The Morgan fingerprint density at radius 3 is 2.20 bits per heavy atom. The molecule has 25 heavy (non-hydrogen) atoms. The molecule has 1 aromatic carbocycles. The molecular weight excluding hydrogens is 339 g/mol. The summed E-state index contributed by atoms with van der Waals surface area (Å²) in [4.78, 5) is 10.6. The van der Waals surface area contributed by atoms with Gasteiger partial charge in [-0.15, -0.1) is 0 Å². The summed E-state index contributed by atoms with van der Waals surface area (Å²) in [7, 11) is 0. The van der Waals surface area contributed by atoms with Crippen LogP contribution in [0.3, 0.4) is 0 Å². The molecule has 0 aliphatic heterocycles. The second-order valence-corrected chi connectivity index (χ2v) is 5.78. The van der Waals surface area contributed by atoms with Crippen molar-refractivity contribution < 1.29 is 33.3 Å². The van der Waals surface area contributed by atoms with Crippen molar-refractivity contribution in [2.75, 3.05) is 0 Å². The van der Waals surface area contributed by atoms with Gasteiger partial charge in [-0.3, -0.25) is 4.79 Å². The zero-order valence-corrected chi connectivity index (χ0v) is 13.5. The van der Waals surface area contributed by atoms with E-state index in [2.05, 4.69) is 0 Å². The topological polar surface area (TPSA) is 104 Å². The Balaban J connectivity index is 2.37. The zero-order valence-electron chi connectivity index (χ0n) is 13.5. The first-order chi connectivity index (χ1) is 11.6. The summed E-state index contributed by atoms with van der Waals surface area (Å²) >= 11 is 0. The molecule has 0 saturated carbocycles. The summed E-state index contributed by atoms with van der Waals surface area (Å²) in [6.07, 6.45) is -3.45. The van der Waals surface area contributed by atoms with Gasteiger partial charge in [-0.25, -0.2) is 0 Å². The van der Waals surface area contributed by atoms with Crippen molar-refractivity contribution in [2.24, 2.45) is 5.73 Å². The summed E-state index contributed by atoms with van der Waals surface area (Å²) < 4.78 is 36.8. The Morgan fingerprint density at radius 2 is 1.68 bits per heavy atom. The van der Waals surface area contributed by atoms with Crippen LogP contribution in [0, 0.1) is 0 Å². The number of allylic oxidation sites excluding steroid dienone is 1. The third-order valence-electron chi connectivity index (χ3n) is 3.62. The lowest BCUT2D eigenvalue weighted by Gasteiger charge is -2.19. The molecule has 0 bridgehead atoms. The van der Waals surface area contributed by atoms with Gasteiger partial charge in [0.25, 0.3) is 0 Å². The number of aliphatic hydroxyl groups excluding tert-OH is 2. The fourth-order valence-corrected chi connectivity index (χ4v) is 2.18. The largest absolute Gasteiger partial charge is 0.480 e. The number of aryl methyl sites for hydroxylation is 1. The lowest BCUT2D eigenvalue weighted by Crippen LogP contribution is -2.47. The summed E-state index contributed by atoms with van der Waals surface area (Å²) in [5, 5.41) is 27.8. The highest BCUT2D eigenvalue weighted by molar-refractivity contribution is 5.74. The van der Waals surface area contributed by atoms with E-state index in [4.69, 9.17) is 10.8 Å². The number of carbonyl (C=O) groups is 1. The average Bonchev–Trinajstić information content (AvgIpc) is 2.52. The number of benzene rings is 1. The van der Waals surface area contributed by atoms with Gasteiger partial charge in [0.05, 0.1) is 12.5 Å². The molecule has 3 atom stereocenters. The molecule has 5 nitrogen and oxygen atoms in total. The Kier molecular flexibility index (Phi) is 8.08. The molecular formula is C17H22F3NO4. The van der Waals surface area contributed by atoms with Crippen molar-refractivity contribution in [1.29, 1.82) is 0 Å². The minimum absolute atomic E-state index is 0.0483. The summed E-state index contributed by atoms with van der Waals surface area (Å²) in [5.41, 5.74) is 6.30. The molecule has 0 aliphatic rings. The zero-order chi connectivity index (χ0) is 19.0. The maximum absolute atomic E-state index is 12.3. The number of carboxylic acid groups (broad SMARTS) is 1. The van der Waals surface area contributed by atoms with Crippen LogP contribution in [0.25, 0.3) is 0 Å². The summed E-state index contributed by atoms with van der Waals surface area (Å²) in [6, 6.07) is 4.61. The number of aliphatic hydroxyl groups is 2. The van der Waals surface area contributed by atoms with Crippen LogP contribution in [0.4, 0.5) is 13.2 Å². The average molecular weight is 361 g/mol. The third-order valence-corrected chi connectivity index (χ3v) is 3.62. The SMILES string of the molecule is NC(C(=O)O)C(O)C(O)CC=CCCc1ccc(CC(F)(F)F)cc1. The first kappa shape index (κ1) is 21.1. The molecule has 1 aromatic rings. The number of hydrogen-bond acceptors (Lipinski definition) is 4. The molecule has 0 aromatic heterocycles. The van der Waals surface area contributed by atoms with Crippen molar-refractivity contribution in [3.05, 3.63) is 47.5 Å². The molecule has 140 valence electrons. The van der Waals surface area contributed by atoms with Gasteiger partial charge in [0.2, 0.25) is 0 Å². The molecule has 0 fully saturated rings. The minimum atomic E-state index is -4.22. The standard InChI is InChI=1S/C17H22F3NO4/c18-17(19,20)10-12-8-6-11(7-9-12)4-2-1-3-5-13(22)15(23)14(21)16(24)25/h1,3,6-9,13-15,22-23H,2,4-5,10,21H2,(H,24,25). The van der Waals surface area contributed by atoms with Crippen LogP contribution in [0.5, 0.6) is 0 Å². The van der Waals surface area contributed by atoms with Crippen molar-refractivity contribution in [3.8, 4) is 0 Å². The number of aliphatic carboxylic acids is 1. The number of rotatable bonds is 9. The van der Waals surface area contributed by atoms with Crippen LogP contribution in [-0.4, -0.2) is 45.7 Å². The van der Waals surface area contributed by atoms with Crippen LogP contribution >= 0.6 is 0 Å². The fraction of sp³-hybridized carbons (Fsp3) is 0.471. The van der Waals surface area contributed by atoms with Crippen LogP contribution in [0.1, 0.15) is 24.0 Å². The Morgan fingerprint density at radius 1 is 1.12 bits per heavy atom. The van der Waals surface area contributed by atoms with Gasteiger partial charge in [-0.05, 0) is 30.4 Å². The molecule has 0 spiro atoms. The number of alkyl halides is 3. The molecule has 0 amide bonds. The molecule has 0 radical (unpaired) electrons. The van der Waals surface area contributed by atoms with Gasteiger partial charge < -0.3 is 21.1 Å². The van der Waals surface area contributed by atoms with Crippen LogP contribution in [0.2, 0.25) is 0 Å². The van der Waals surface area contributed by atoms with Gasteiger partial charge in [-0.1, -0.05) is 36.4 Å². The molecule has 0 aliphatic carbocycles.